The van der Waals surface area contributed by atoms with Gasteiger partial charge < -0.3 is 19.2 Å². The summed E-state index contributed by atoms with van der Waals surface area (Å²) in [6, 6.07) is 3.68. The molecule has 1 aliphatic heterocycles. The van der Waals surface area contributed by atoms with Crippen LogP contribution in [0.4, 0.5) is 0 Å². The van der Waals surface area contributed by atoms with Crippen LogP contribution < -0.4 is 10.2 Å². The number of rotatable bonds is 5. The second-order valence-electron chi connectivity index (χ2n) is 5.40. The van der Waals surface area contributed by atoms with Gasteiger partial charge in [0.15, 0.2) is 0 Å². The van der Waals surface area contributed by atoms with Crippen molar-refractivity contribution < 1.29 is 23.9 Å². The lowest BCUT2D eigenvalue weighted by molar-refractivity contribution is -0.145. The number of carbonyl (C=O) groups excluding carboxylic acids is 1. The normalized spacial score (nSPS) is 17.0. The van der Waals surface area contributed by atoms with E-state index in [1.54, 1.807) is 13.0 Å². The van der Waals surface area contributed by atoms with Crippen molar-refractivity contribution in [1.29, 1.82) is 0 Å². The average Bonchev–Trinajstić information content (AvgIpc) is 2.65. The Labute approximate surface area is 125 Å². The van der Waals surface area contributed by atoms with Gasteiger partial charge in [-0.15, -0.1) is 0 Å². The van der Waals surface area contributed by atoms with Crippen LogP contribution in [-0.4, -0.2) is 30.8 Å². The lowest BCUT2D eigenvalue weighted by Crippen LogP contribution is -2.28. The predicted octanol–water partition coefficient (Wildman–Crippen LogP) is 1.49. The molecular formula is C15H21BO5. The maximum absolute atomic E-state index is 11.6. The van der Waals surface area contributed by atoms with Crippen LogP contribution in [0.25, 0.3) is 0 Å². The van der Waals surface area contributed by atoms with Gasteiger partial charge in [-0.3, -0.25) is 4.79 Å². The second-order valence-corrected chi connectivity index (χ2v) is 5.40. The summed E-state index contributed by atoms with van der Waals surface area (Å²) < 4.78 is 16.1. The molecule has 0 bridgehead atoms. The molecule has 1 aliphatic rings. The zero-order valence-corrected chi connectivity index (χ0v) is 12.9. The van der Waals surface area contributed by atoms with Gasteiger partial charge in [0.25, 0.3) is 0 Å². The van der Waals surface area contributed by atoms with Crippen LogP contribution in [0.2, 0.25) is 0 Å². The van der Waals surface area contributed by atoms with Gasteiger partial charge in [-0.2, -0.15) is 0 Å². The summed E-state index contributed by atoms with van der Waals surface area (Å²) >= 11 is 0. The number of hydrogen-bond acceptors (Lipinski definition) is 5. The molecule has 1 unspecified atom stereocenters. The molecule has 1 heterocycles. The fourth-order valence-corrected chi connectivity index (χ4v) is 2.59. The SMILES string of the molecule is CCOC(=O)CC1OB(O)c2cc(OC(C)C)cc(C)c21. The Morgan fingerprint density at radius 3 is 2.81 bits per heavy atom. The van der Waals surface area contributed by atoms with E-state index in [0.717, 1.165) is 11.1 Å². The summed E-state index contributed by atoms with van der Waals surface area (Å²) in [5.74, 6) is 0.366. The monoisotopic (exact) mass is 292 g/mol. The van der Waals surface area contributed by atoms with Gasteiger partial charge in [0, 0.05) is 0 Å². The number of ether oxygens (including phenoxy) is 2. The van der Waals surface area contributed by atoms with E-state index in [9.17, 15) is 9.82 Å². The number of carbonyl (C=O) groups is 1. The maximum Gasteiger partial charge on any atom is 0.492 e. The highest BCUT2D eigenvalue weighted by atomic mass is 16.5. The topological polar surface area (TPSA) is 65.0 Å². The van der Waals surface area contributed by atoms with Crippen molar-refractivity contribution in [3.05, 3.63) is 23.3 Å². The molecule has 6 heteroatoms. The first-order valence-corrected chi connectivity index (χ1v) is 7.22. The lowest BCUT2D eigenvalue weighted by Gasteiger charge is -2.15. The number of aryl methyl sites for hydroxylation is 1. The van der Waals surface area contributed by atoms with Gasteiger partial charge in [0.1, 0.15) is 5.75 Å². The van der Waals surface area contributed by atoms with Gasteiger partial charge in [0.05, 0.1) is 25.2 Å². The first-order valence-electron chi connectivity index (χ1n) is 7.22. The van der Waals surface area contributed by atoms with Crippen molar-refractivity contribution in [2.75, 3.05) is 6.61 Å². The van der Waals surface area contributed by atoms with Crippen molar-refractivity contribution in [2.45, 2.75) is 46.3 Å². The molecule has 1 atom stereocenters. The van der Waals surface area contributed by atoms with Gasteiger partial charge in [-0.1, -0.05) is 0 Å². The second kappa shape index (κ2) is 6.49. The molecule has 1 aromatic carbocycles. The minimum absolute atomic E-state index is 0.0530. The largest absolute Gasteiger partial charge is 0.492 e. The minimum Gasteiger partial charge on any atom is -0.491 e. The van der Waals surface area contributed by atoms with E-state index in [2.05, 4.69) is 0 Å². The summed E-state index contributed by atoms with van der Waals surface area (Å²) in [5.41, 5.74) is 2.46. The summed E-state index contributed by atoms with van der Waals surface area (Å²) in [6.45, 7) is 7.90. The molecule has 0 saturated carbocycles. The summed E-state index contributed by atoms with van der Waals surface area (Å²) in [7, 11) is -1.03. The molecule has 21 heavy (non-hydrogen) atoms. The molecule has 0 radical (unpaired) electrons. The smallest absolute Gasteiger partial charge is 0.491 e. The molecule has 1 aromatic rings. The van der Waals surface area contributed by atoms with Gasteiger partial charge in [-0.05, 0) is 56.4 Å². The van der Waals surface area contributed by atoms with E-state index >= 15 is 0 Å². The van der Waals surface area contributed by atoms with Crippen molar-refractivity contribution in [2.24, 2.45) is 0 Å². The van der Waals surface area contributed by atoms with Crippen LogP contribution in [0, 0.1) is 6.92 Å². The van der Waals surface area contributed by atoms with Crippen molar-refractivity contribution in [3.63, 3.8) is 0 Å². The Morgan fingerprint density at radius 1 is 1.48 bits per heavy atom. The van der Waals surface area contributed by atoms with E-state index in [0.29, 0.717) is 17.8 Å². The fourth-order valence-electron chi connectivity index (χ4n) is 2.59. The van der Waals surface area contributed by atoms with Gasteiger partial charge >= 0.3 is 13.1 Å². The van der Waals surface area contributed by atoms with Crippen LogP contribution in [-0.2, 0) is 14.2 Å². The molecule has 2 rings (SSSR count). The van der Waals surface area contributed by atoms with Crippen molar-refractivity contribution in [1.82, 2.24) is 0 Å². The summed E-state index contributed by atoms with van der Waals surface area (Å²) in [4.78, 5) is 11.6. The molecule has 0 amide bonds. The molecule has 0 aromatic heterocycles. The third kappa shape index (κ3) is 3.57. The Kier molecular flexibility index (Phi) is 4.90. The Hall–Kier alpha value is -1.53. The first kappa shape index (κ1) is 15.9. The standard InChI is InChI=1S/C15H21BO5/c1-5-19-14(17)8-13-15-10(4)6-11(20-9(2)3)7-12(15)16(18)21-13/h6-7,9,13,18H,5,8H2,1-4H3. The Bertz CT molecular complexity index is 529. The quantitative estimate of drug-likeness (QED) is 0.658. The minimum atomic E-state index is -1.03. The summed E-state index contributed by atoms with van der Waals surface area (Å²) in [6.07, 6.45) is -0.317. The van der Waals surface area contributed by atoms with Crippen LogP contribution in [0.15, 0.2) is 12.1 Å². The van der Waals surface area contributed by atoms with E-state index < -0.39 is 13.2 Å². The van der Waals surface area contributed by atoms with E-state index in [1.165, 1.54) is 0 Å². The average molecular weight is 292 g/mol. The van der Waals surface area contributed by atoms with Crippen molar-refractivity contribution >= 4 is 18.6 Å². The van der Waals surface area contributed by atoms with Crippen LogP contribution in [0.1, 0.15) is 44.4 Å². The van der Waals surface area contributed by atoms with Crippen LogP contribution in [0.5, 0.6) is 5.75 Å². The molecule has 0 fully saturated rings. The van der Waals surface area contributed by atoms with Crippen LogP contribution in [0.3, 0.4) is 0 Å². The molecule has 5 nitrogen and oxygen atoms in total. The lowest BCUT2D eigenvalue weighted by atomic mass is 9.77. The van der Waals surface area contributed by atoms with E-state index in [-0.39, 0.29) is 18.5 Å². The third-order valence-corrected chi connectivity index (χ3v) is 3.30. The fraction of sp³-hybridized carbons (Fsp3) is 0.533. The van der Waals surface area contributed by atoms with E-state index in [4.69, 9.17) is 14.1 Å². The zero-order chi connectivity index (χ0) is 15.6. The molecule has 0 spiro atoms. The molecule has 114 valence electrons. The van der Waals surface area contributed by atoms with E-state index in [1.807, 2.05) is 26.8 Å². The highest BCUT2D eigenvalue weighted by molar-refractivity contribution is 6.62. The van der Waals surface area contributed by atoms with Gasteiger partial charge in [-0.25, -0.2) is 0 Å². The molecule has 0 aliphatic carbocycles. The first-order chi connectivity index (χ1) is 9.92. The highest BCUT2D eigenvalue weighted by Gasteiger charge is 2.38. The number of esters is 1. The number of hydrogen-bond donors (Lipinski definition) is 1. The zero-order valence-electron chi connectivity index (χ0n) is 12.9. The maximum atomic E-state index is 11.6. The number of fused-ring (bicyclic) bond motifs is 1. The Balaban J connectivity index is 2.26. The number of benzene rings is 1. The van der Waals surface area contributed by atoms with Crippen LogP contribution >= 0.6 is 0 Å². The Morgan fingerprint density at radius 2 is 2.19 bits per heavy atom. The molecule has 0 saturated heterocycles. The molecule has 1 N–H and O–H groups in total. The summed E-state index contributed by atoms with van der Waals surface area (Å²) in [5, 5.41) is 10.0. The highest BCUT2D eigenvalue weighted by Crippen LogP contribution is 2.32. The molecular weight excluding hydrogens is 271 g/mol. The third-order valence-electron chi connectivity index (χ3n) is 3.30. The van der Waals surface area contributed by atoms with Crippen molar-refractivity contribution in [3.8, 4) is 5.75 Å². The van der Waals surface area contributed by atoms with Gasteiger partial charge in [0.2, 0.25) is 0 Å². The predicted molar refractivity (Wildman–Crippen MR) is 79.6 cm³/mol.